The largest absolute Gasteiger partial charge is 0.481 e. The molecule has 0 heterocycles. The number of carboxylic acid groups (broad SMARTS) is 1. The summed E-state index contributed by atoms with van der Waals surface area (Å²) >= 11 is 11.7. The Morgan fingerprint density at radius 1 is 1.14 bits per heavy atom. The number of amides is 1. The van der Waals surface area contributed by atoms with Gasteiger partial charge in [0.2, 0.25) is 5.91 Å². The minimum absolute atomic E-state index is 0.0356. The summed E-state index contributed by atoms with van der Waals surface area (Å²) in [7, 11) is 0. The Morgan fingerprint density at radius 2 is 1.67 bits per heavy atom. The zero-order valence-corrected chi connectivity index (χ0v) is 12.3. The van der Waals surface area contributed by atoms with E-state index in [1.165, 1.54) is 0 Å². The van der Waals surface area contributed by atoms with Crippen molar-refractivity contribution >= 4 is 40.8 Å². The standard InChI is InChI=1S/C14H12Cl2FNO3/c15-10-5-7(17)6-11(16)12(10)18-13(19)8-3-1-2-4-9(8)14(20)21/h1-2,5-6,8-9H,3-4H2,(H,18,19)(H,20,21). The van der Waals surface area contributed by atoms with Crippen molar-refractivity contribution in [2.75, 3.05) is 5.32 Å². The van der Waals surface area contributed by atoms with Crippen molar-refractivity contribution in [1.29, 1.82) is 0 Å². The van der Waals surface area contributed by atoms with Crippen molar-refractivity contribution in [1.82, 2.24) is 0 Å². The quantitative estimate of drug-likeness (QED) is 0.829. The first-order chi connectivity index (χ1) is 9.90. The lowest BCUT2D eigenvalue weighted by atomic mass is 9.82. The molecule has 1 aromatic carbocycles. The predicted molar refractivity (Wildman–Crippen MR) is 78.0 cm³/mol. The average Bonchev–Trinajstić information content (AvgIpc) is 2.42. The van der Waals surface area contributed by atoms with E-state index in [9.17, 15) is 14.0 Å². The Morgan fingerprint density at radius 3 is 2.19 bits per heavy atom. The Labute approximate surface area is 130 Å². The molecule has 0 spiro atoms. The zero-order valence-electron chi connectivity index (χ0n) is 10.8. The van der Waals surface area contributed by atoms with E-state index in [-0.39, 0.29) is 22.2 Å². The van der Waals surface area contributed by atoms with Gasteiger partial charge in [0.25, 0.3) is 0 Å². The highest BCUT2D eigenvalue weighted by molar-refractivity contribution is 6.39. The summed E-state index contributed by atoms with van der Waals surface area (Å²) in [6.07, 6.45) is 4.11. The van der Waals surface area contributed by atoms with E-state index >= 15 is 0 Å². The number of hydrogen-bond donors (Lipinski definition) is 2. The van der Waals surface area contributed by atoms with E-state index < -0.39 is 29.5 Å². The molecule has 0 radical (unpaired) electrons. The molecule has 112 valence electrons. The molecule has 21 heavy (non-hydrogen) atoms. The summed E-state index contributed by atoms with van der Waals surface area (Å²) in [5.41, 5.74) is 0.0865. The van der Waals surface area contributed by atoms with Gasteiger partial charge in [-0.1, -0.05) is 35.4 Å². The molecular formula is C14H12Cl2FNO3. The van der Waals surface area contributed by atoms with E-state index in [1.807, 2.05) is 0 Å². The summed E-state index contributed by atoms with van der Waals surface area (Å²) in [5, 5.41) is 11.6. The van der Waals surface area contributed by atoms with Crippen LogP contribution in [0.4, 0.5) is 10.1 Å². The smallest absolute Gasteiger partial charge is 0.307 e. The molecule has 2 N–H and O–H groups in total. The predicted octanol–water partition coefficient (Wildman–Crippen LogP) is 3.74. The van der Waals surface area contributed by atoms with Gasteiger partial charge in [0.05, 0.1) is 27.6 Å². The summed E-state index contributed by atoms with van der Waals surface area (Å²) in [6.45, 7) is 0. The average molecular weight is 332 g/mol. The van der Waals surface area contributed by atoms with Crippen molar-refractivity contribution < 1.29 is 19.1 Å². The number of carboxylic acids is 1. The minimum atomic E-state index is -1.03. The normalized spacial score (nSPS) is 21.1. The van der Waals surface area contributed by atoms with Crippen LogP contribution in [-0.2, 0) is 9.59 Å². The molecule has 0 aliphatic heterocycles. The maximum Gasteiger partial charge on any atom is 0.307 e. The van der Waals surface area contributed by atoms with Crippen LogP contribution in [0.5, 0.6) is 0 Å². The Bertz CT molecular complexity index is 595. The number of nitrogens with one attached hydrogen (secondary N) is 1. The SMILES string of the molecule is O=C(O)C1CC=CCC1C(=O)Nc1c(Cl)cc(F)cc1Cl. The number of allylic oxidation sites excluding steroid dienone is 2. The van der Waals surface area contributed by atoms with E-state index in [1.54, 1.807) is 12.2 Å². The molecule has 0 bridgehead atoms. The maximum absolute atomic E-state index is 13.1. The lowest BCUT2D eigenvalue weighted by Crippen LogP contribution is -2.34. The van der Waals surface area contributed by atoms with Gasteiger partial charge in [-0.3, -0.25) is 9.59 Å². The summed E-state index contributed by atoms with van der Waals surface area (Å²) < 4.78 is 13.1. The lowest BCUT2D eigenvalue weighted by Gasteiger charge is -2.24. The molecule has 0 saturated heterocycles. The van der Waals surface area contributed by atoms with E-state index in [0.29, 0.717) is 6.42 Å². The fourth-order valence-electron chi connectivity index (χ4n) is 2.25. The van der Waals surface area contributed by atoms with E-state index in [4.69, 9.17) is 28.3 Å². The van der Waals surface area contributed by atoms with Gasteiger partial charge in [-0.15, -0.1) is 0 Å². The molecule has 1 amide bonds. The molecule has 0 aromatic heterocycles. The number of carbonyl (C=O) groups excluding carboxylic acids is 1. The van der Waals surface area contributed by atoms with Crippen molar-refractivity contribution in [2.24, 2.45) is 11.8 Å². The van der Waals surface area contributed by atoms with Crippen LogP contribution in [0.2, 0.25) is 10.0 Å². The topological polar surface area (TPSA) is 66.4 Å². The molecule has 1 aliphatic carbocycles. The lowest BCUT2D eigenvalue weighted by molar-refractivity contribution is -0.146. The number of halogens is 3. The maximum atomic E-state index is 13.1. The summed E-state index contributed by atoms with van der Waals surface area (Å²) in [4.78, 5) is 23.4. The van der Waals surface area contributed by atoms with Gasteiger partial charge >= 0.3 is 5.97 Å². The Hall–Kier alpha value is -1.59. The Balaban J connectivity index is 2.21. The van der Waals surface area contributed by atoms with E-state index in [0.717, 1.165) is 12.1 Å². The van der Waals surface area contributed by atoms with Crippen molar-refractivity contribution in [2.45, 2.75) is 12.8 Å². The molecule has 0 fully saturated rings. The molecule has 0 saturated carbocycles. The fourth-order valence-corrected chi connectivity index (χ4v) is 2.81. The van der Waals surface area contributed by atoms with Crippen molar-refractivity contribution in [3.8, 4) is 0 Å². The van der Waals surface area contributed by atoms with Crippen LogP contribution >= 0.6 is 23.2 Å². The van der Waals surface area contributed by atoms with Crippen LogP contribution in [0.1, 0.15) is 12.8 Å². The van der Waals surface area contributed by atoms with Crippen molar-refractivity contribution in [3.63, 3.8) is 0 Å². The first-order valence-electron chi connectivity index (χ1n) is 6.23. The Kier molecular flexibility index (Phi) is 4.85. The van der Waals surface area contributed by atoms with Gasteiger partial charge in [0.15, 0.2) is 0 Å². The third-order valence-corrected chi connectivity index (χ3v) is 3.94. The van der Waals surface area contributed by atoms with Crippen LogP contribution in [0, 0.1) is 17.7 Å². The van der Waals surface area contributed by atoms with Crippen LogP contribution in [-0.4, -0.2) is 17.0 Å². The fraction of sp³-hybridized carbons (Fsp3) is 0.286. The number of carbonyl (C=O) groups is 2. The van der Waals surface area contributed by atoms with Crippen LogP contribution in [0.25, 0.3) is 0 Å². The number of benzene rings is 1. The highest BCUT2D eigenvalue weighted by Gasteiger charge is 2.34. The van der Waals surface area contributed by atoms with Crippen LogP contribution < -0.4 is 5.32 Å². The highest BCUT2D eigenvalue weighted by atomic mass is 35.5. The summed E-state index contributed by atoms with van der Waals surface area (Å²) in [6, 6.07) is 2.05. The third-order valence-electron chi connectivity index (χ3n) is 3.34. The molecule has 2 unspecified atom stereocenters. The molecule has 7 heteroatoms. The monoisotopic (exact) mass is 331 g/mol. The number of hydrogen-bond acceptors (Lipinski definition) is 2. The molecule has 1 aromatic rings. The van der Waals surface area contributed by atoms with E-state index in [2.05, 4.69) is 5.32 Å². The van der Waals surface area contributed by atoms with Gasteiger partial charge in [0, 0.05) is 0 Å². The highest BCUT2D eigenvalue weighted by Crippen LogP contribution is 2.33. The molecule has 2 atom stereocenters. The van der Waals surface area contributed by atoms with Gasteiger partial charge < -0.3 is 10.4 Å². The molecular weight excluding hydrogens is 320 g/mol. The first-order valence-corrected chi connectivity index (χ1v) is 6.99. The van der Waals surface area contributed by atoms with Crippen molar-refractivity contribution in [3.05, 3.63) is 40.1 Å². The zero-order chi connectivity index (χ0) is 15.6. The number of rotatable bonds is 3. The third kappa shape index (κ3) is 3.54. The minimum Gasteiger partial charge on any atom is -0.481 e. The van der Waals surface area contributed by atoms with Gasteiger partial charge in [-0.25, -0.2) is 4.39 Å². The second-order valence-corrected chi connectivity index (χ2v) is 5.54. The van der Waals surface area contributed by atoms with Gasteiger partial charge in [-0.05, 0) is 25.0 Å². The van der Waals surface area contributed by atoms with Gasteiger partial charge in [-0.2, -0.15) is 0 Å². The molecule has 4 nitrogen and oxygen atoms in total. The second kappa shape index (κ2) is 6.45. The van der Waals surface area contributed by atoms with Gasteiger partial charge in [0.1, 0.15) is 5.82 Å². The summed E-state index contributed by atoms with van der Waals surface area (Å²) in [5.74, 6) is -3.66. The molecule has 1 aliphatic rings. The first kappa shape index (κ1) is 15.8. The van der Waals surface area contributed by atoms with Crippen LogP contribution in [0.3, 0.4) is 0 Å². The molecule has 2 rings (SSSR count). The number of anilines is 1. The number of aliphatic carboxylic acids is 1. The van der Waals surface area contributed by atoms with Crippen LogP contribution in [0.15, 0.2) is 24.3 Å². The second-order valence-electron chi connectivity index (χ2n) is 4.73.